The van der Waals surface area contributed by atoms with Crippen molar-refractivity contribution in [2.75, 3.05) is 12.3 Å². The Hall–Kier alpha value is -0.250. The predicted octanol–water partition coefficient (Wildman–Crippen LogP) is 3.64. The molecule has 2 unspecified atom stereocenters. The molecule has 0 bridgehead atoms. The monoisotopic (exact) mass is 259 g/mol. The number of nitrogens with one attached hydrogen (secondary N) is 1. The van der Waals surface area contributed by atoms with E-state index in [0.29, 0.717) is 5.25 Å². The second-order valence-corrected chi connectivity index (χ2v) is 5.99. The van der Waals surface area contributed by atoms with Crippen molar-refractivity contribution in [2.45, 2.75) is 24.6 Å². The van der Waals surface area contributed by atoms with E-state index in [1.165, 1.54) is 12.5 Å². The van der Waals surface area contributed by atoms with E-state index in [2.05, 4.69) is 12.2 Å². The molecule has 1 fully saturated rings. The number of hydrogen-bond donors (Lipinski definition) is 1. The number of benzene rings is 1. The first-order valence-electron chi connectivity index (χ1n) is 5.47. The van der Waals surface area contributed by atoms with Crippen LogP contribution in [0.25, 0.3) is 0 Å². The van der Waals surface area contributed by atoms with Gasteiger partial charge in [-0.1, -0.05) is 24.6 Å². The molecule has 0 aromatic heterocycles. The van der Waals surface area contributed by atoms with E-state index in [0.717, 1.165) is 17.9 Å². The van der Waals surface area contributed by atoms with Gasteiger partial charge in [0.05, 0.1) is 5.02 Å². The molecule has 88 valence electrons. The highest BCUT2D eigenvalue weighted by Crippen LogP contribution is 2.28. The highest BCUT2D eigenvalue weighted by Gasteiger charge is 2.18. The first kappa shape index (κ1) is 12.2. The lowest BCUT2D eigenvalue weighted by Crippen LogP contribution is -2.22. The van der Waals surface area contributed by atoms with Crippen LogP contribution in [-0.4, -0.2) is 17.5 Å². The maximum Gasteiger partial charge on any atom is 0.141 e. The Balaban J connectivity index is 2.13. The average molecular weight is 260 g/mol. The molecule has 0 radical (unpaired) electrons. The zero-order valence-corrected chi connectivity index (χ0v) is 10.7. The van der Waals surface area contributed by atoms with Gasteiger partial charge in [0.15, 0.2) is 0 Å². The van der Waals surface area contributed by atoms with Gasteiger partial charge in [-0.05, 0) is 30.7 Å². The number of thioether (sulfide) groups is 1. The molecule has 4 heteroatoms. The van der Waals surface area contributed by atoms with Crippen molar-refractivity contribution in [3.63, 3.8) is 0 Å². The zero-order chi connectivity index (χ0) is 11.5. The molecule has 1 N–H and O–H groups in total. The van der Waals surface area contributed by atoms with Crippen molar-refractivity contribution in [3.05, 3.63) is 34.6 Å². The lowest BCUT2D eigenvalue weighted by Gasteiger charge is -2.16. The van der Waals surface area contributed by atoms with Crippen molar-refractivity contribution in [1.82, 2.24) is 5.32 Å². The fourth-order valence-corrected chi connectivity index (χ4v) is 3.11. The second kappa shape index (κ2) is 5.39. The minimum Gasteiger partial charge on any atom is -0.309 e. The van der Waals surface area contributed by atoms with E-state index < -0.39 is 0 Å². The Morgan fingerprint density at radius 2 is 2.31 bits per heavy atom. The molecule has 1 aromatic carbocycles. The van der Waals surface area contributed by atoms with Gasteiger partial charge in [0.1, 0.15) is 5.82 Å². The summed E-state index contributed by atoms with van der Waals surface area (Å²) in [5.74, 6) is 0.670. The van der Waals surface area contributed by atoms with Gasteiger partial charge in [-0.15, -0.1) is 0 Å². The highest BCUT2D eigenvalue weighted by molar-refractivity contribution is 7.99. The molecule has 0 aliphatic carbocycles. The molecule has 1 aromatic rings. The minimum atomic E-state index is -0.347. The molecule has 1 aliphatic heterocycles. The summed E-state index contributed by atoms with van der Waals surface area (Å²) in [5.41, 5.74) is 1.08. The van der Waals surface area contributed by atoms with Crippen molar-refractivity contribution in [2.24, 2.45) is 0 Å². The van der Waals surface area contributed by atoms with Crippen LogP contribution in [0.15, 0.2) is 18.2 Å². The third-order valence-electron chi connectivity index (χ3n) is 2.84. The fraction of sp³-hybridized carbons (Fsp3) is 0.500. The summed E-state index contributed by atoms with van der Waals surface area (Å²) in [4.78, 5) is 0. The quantitative estimate of drug-likeness (QED) is 0.827. The van der Waals surface area contributed by atoms with Crippen LogP contribution in [0.1, 0.15) is 24.9 Å². The van der Waals surface area contributed by atoms with E-state index in [9.17, 15) is 4.39 Å². The normalized spacial score (nSPS) is 26.4. The third kappa shape index (κ3) is 2.90. The molecular weight excluding hydrogens is 245 g/mol. The summed E-state index contributed by atoms with van der Waals surface area (Å²) < 4.78 is 13.1. The van der Waals surface area contributed by atoms with Crippen LogP contribution >= 0.6 is 23.4 Å². The number of hydrogen-bond acceptors (Lipinski definition) is 2. The molecule has 1 heterocycles. The van der Waals surface area contributed by atoms with E-state index in [-0.39, 0.29) is 16.9 Å². The molecule has 1 aliphatic rings. The molecule has 16 heavy (non-hydrogen) atoms. The first-order valence-corrected chi connectivity index (χ1v) is 6.89. The maximum atomic E-state index is 13.1. The molecule has 1 nitrogen and oxygen atoms in total. The minimum absolute atomic E-state index is 0.210. The van der Waals surface area contributed by atoms with E-state index in [1.807, 2.05) is 17.8 Å². The molecule has 0 saturated carbocycles. The molecule has 0 amide bonds. The lowest BCUT2D eigenvalue weighted by atomic mass is 10.1. The highest BCUT2D eigenvalue weighted by atomic mass is 35.5. The molecule has 0 spiro atoms. The SMILES string of the molecule is CC1CCNC(c2ccc(F)c(Cl)c2)CS1. The molecular formula is C12H15ClFNS. The van der Waals surface area contributed by atoms with Gasteiger partial charge in [-0.3, -0.25) is 0 Å². The van der Waals surface area contributed by atoms with Crippen LogP contribution in [0.3, 0.4) is 0 Å². The molecule has 2 rings (SSSR count). The van der Waals surface area contributed by atoms with Crippen LogP contribution in [0.5, 0.6) is 0 Å². The van der Waals surface area contributed by atoms with Gasteiger partial charge in [0.2, 0.25) is 0 Å². The van der Waals surface area contributed by atoms with Gasteiger partial charge in [0.25, 0.3) is 0 Å². The maximum absolute atomic E-state index is 13.1. The van der Waals surface area contributed by atoms with Crippen LogP contribution in [0.4, 0.5) is 4.39 Å². The zero-order valence-electron chi connectivity index (χ0n) is 9.17. The second-order valence-electron chi connectivity index (χ2n) is 4.11. The van der Waals surface area contributed by atoms with Crippen molar-refractivity contribution in [1.29, 1.82) is 0 Å². The third-order valence-corrected chi connectivity index (χ3v) is 4.46. The van der Waals surface area contributed by atoms with E-state index >= 15 is 0 Å². The lowest BCUT2D eigenvalue weighted by molar-refractivity contribution is 0.575. The summed E-state index contributed by atoms with van der Waals surface area (Å²) in [6.45, 7) is 3.25. The van der Waals surface area contributed by atoms with Crippen LogP contribution in [0.2, 0.25) is 5.02 Å². The van der Waals surface area contributed by atoms with Crippen LogP contribution in [-0.2, 0) is 0 Å². The summed E-state index contributed by atoms with van der Waals surface area (Å²) >= 11 is 7.75. The topological polar surface area (TPSA) is 12.0 Å². The van der Waals surface area contributed by atoms with Crippen molar-refractivity contribution < 1.29 is 4.39 Å². The Morgan fingerprint density at radius 3 is 3.06 bits per heavy atom. The summed E-state index contributed by atoms with van der Waals surface area (Å²) in [6.07, 6.45) is 1.18. The first-order chi connectivity index (χ1) is 7.66. The number of rotatable bonds is 1. The van der Waals surface area contributed by atoms with Gasteiger partial charge in [-0.2, -0.15) is 11.8 Å². The predicted molar refractivity (Wildman–Crippen MR) is 68.7 cm³/mol. The Bertz CT molecular complexity index is 372. The molecule has 2 atom stereocenters. The summed E-state index contributed by atoms with van der Waals surface area (Å²) in [6, 6.07) is 5.27. The van der Waals surface area contributed by atoms with Gasteiger partial charge in [0, 0.05) is 17.0 Å². The van der Waals surface area contributed by atoms with Gasteiger partial charge in [-0.25, -0.2) is 4.39 Å². The van der Waals surface area contributed by atoms with Gasteiger partial charge < -0.3 is 5.32 Å². The van der Waals surface area contributed by atoms with Crippen molar-refractivity contribution >= 4 is 23.4 Å². The smallest absolute Gasteiger partial charge is 0.141 e. The summed E-state index contributed by atoms with van der Waals surface area (Å²) in [7, 11) is 0. The van der Waals surface area contributed by atoms with E-state index in [1.54, 1.807) is 6.07 Å². The van der Waals surface area contributed by atoms with Gasteiger partial charge >= 0.3 is 0 Å². The standard InChI is InChI=1S/C12H15ClFNS/c1-8-4-5-15-12(7-16-8)9-2-3-11(14)10(13)6-9/h2-3,6,8,12,15H,4-5,7H2,1H3. The Kier molecular flexibility index (Phi) is 4.11. The summed E-state index contributed by atoms with van der Waals surface area (Å²) in [5, 5.41) is 4.37. The Morgan fingerprint density at radius 1 is 1.50 bits per heavy atom. The average Bonchev–Trinajstić information content (AvgIpc) is 2.47. The Labute approximate surface area is 105 Å². The molecule has 1 saturated heterocycles. The van der Waals surface area contributed by atoms with Crippen LogP contribution in [0, 0.1) is 5.82 Å². The largest absolute Gasteiger partial charge is 0.309 e. The van der Waals surface area contributed by atoms with Crippen LogP contribution < -0.4 is 5.32 Å². The number of halogens is 2. The van der Waals surface area contributed by atoms with Crippen molar-refractivity contribution in [3.8, 4) is 0 Å². The van der Waals surface area contributed by atoms with E-state index in [4.69, 9.17) is 11.6 Å². The fourth-order valence-electron chi connectivity index (χ4n) is 1.81.